The second kappa shape index (κ2) is 11.2. The number of hydrogen-bond acceptors (Lipinski definition) is 4. The minimum Gasteiger partial charge on any atom is -0.416 e. The van der Waals surface area contributed by atoms with E-state index in [1.807, 2.05) is 30.3 Å². The van der Waals surface area contributed by atoms with Gasteiger partial charge in [0, 0.05) is 13.0 Å². The zero-order chi connectivity index (χ0) is 21.4. The van der Waals surface area contributed by atoms with Crippen LogP contribution in [0.4, 0.5) is 0 Å². The van der Waals surface area contributed by atoms with Gasteiger partial charge in [0.15, 0.2) is 14.1 Å². The highest BCUT2D eigenvalue weighted by Crippen LogP contribution is 2.42. The maximum Gasteiger partial charge on any atom is 0.200 e. The highest BCUT2D eigenvalue weighted by Gasteiger charge is 2.45. The van der Waals surface area contributed by atoms with Gasteiger partial charge in [-0.1, -0.05) is 71.9 Å². The van der Waals surface area contributed by atoms with Crippen molar-refractivity contribution in [1.82, 2.24) is 0 Å². The molecular formula is C24H38O4Si. The number of rotatable bonds is 11. The third-order valence-corrected chi connectivity index (χ3v) is 12.1. The van der Waals surface area contributed by atoms with Gasteiger partial charge in [-0.25, -0.2) is 0 Å². The molecule has 2 rings (SSSR count). The number of hydrogen-bond donors (Lipinski definition) is 0. The van der Waals surface area contributed by atoms with E-state index in [9.17, 15) is 4.79 Å². The van der Waals surface area contributed by atoms with Gasteiger partial charge in [-0.3, -0.25) is 4.79 Å². The first-order valence-corrected chi connectivity index (χ1v) is 13.0. The van der Waals surface area contributed by atoms with Gasteiger partial charge in [0.2, 0.25) is 0 Å². The maximum atomic E-state index is 12.3. The fourth-order valence-electron chi connectivity index (χ4n) is 4.65. The van der Waals surface area contributed by atoms with Crippen LogP contribution in [0.3, 0.4) is 0 Å². The Kier molecular flexibility index (Phi) is 9.28. The molecule has 0 aliphatic carbocycles. The summed E-state index contributed by atoms with van der Waals surface area (Å²) >= 11 is 0. The monoisotopic (exact) mass is 418 g/mol. The van der Waals surface area contributed by atoms with Crippen molar-refractivity contribution in [3.63, 3.8) is 0 Å². The molecule has 0 saturated heterocycles. The van der Waals surface area contributed by atoms with E-state index in [2.05, 4.69) is 41.5 Å². The Labute approximate surface area is 177 Å². The summed E-state index contributed by atoms with van der Waals surface area (Å²) in [5, 5.41) is 0. The van der Waals surface area contributed by atoms with Gasteiger partial charge in [-0.15, -0.1) is 0 Å². The van der Waals surface area contributed by atoms with Crippen LogP contribution in [0.5, 0.6) is 0 Å². The number of benzene rings is 1. The Hall–Kier alpha value is -1.27. The lowest BCUT2D eigenvalue weighted by molar-refractivity contribution is -0.133. The van der Waals surface area contributed by atoms with Crippen molar-refractivity contribution in [3.05, 3.63) is 48.0 Å². The molecule has 4 nitrogen and oxygen atoms in total. The Morgan fingerprint density at radius 3 is 2.21 bits per heavy atom. The lowest BCUT2D eigenvalue weighted by atomic mass is 10.1. The zero-order valence-electron chi connectivity index (χ0n) is 18.9. The molecular weight excluding hydrogens is 380 g/mol. The van der Waals surface area contributed by atoms with Crippen molar-refractivity contribution in [2.75, 3.05) is 13.2 Å². The van der Waals surface area contributed by atoms with E-state index in [4.69, 9.17) is 13.9 Å². The van der Waals surface area contributed by atoms with E-state index in [1.54, 1.807) is 12.2 Å². The van der Waals surface area contributed by atoms with Crippen LogP contribution in [0.25, 0.3) is 0 Å². The molecule has 2 atom stereocenters. The molecule has 0 fully saturated rings. The largest absolute Gasteiger partial charge is 0.416 e. The second-order valence-corrected chi connectivity index (χ2v) is 14.3. The quantitative estimate of drug-likeness (QED) is 0.434. The number of ketones is 1. The average molecular weight is 419 g/mol. The van der Waals surface area contributed by atoms with Crippen molar-refractivity contribution in [2.45, 2.75) is 83.4 Å². The van der Waals surface area contributed by atoms with Crippen molar-refractivity contribution in [3.8, 4) is 0 Å². The summed E-state index contributed by atoms with van der Waals surface area (Å²) in [7, 11) is -1.92. The molecule has 1 aliphatic heterocycles. The van der Waals surface area contributed by atoms with E-state index in [1.165, 1.54) is 0 Å². The Morgan fingerprint density at radius 2 is 1.62 bits per heavy atom. The topological polar surface area (TPSA) is 44.8 Å². The van der Waals surface area contributed by atoms with Gasteiger partial charge >= 0.3 is 0 Å². The summed E-state index contributed by atoms with van der Waals surface area (Å²) in [5.41, 5.74) is 2.73. The predicted molar refractivity (Wildman–Crippen MR) is 121 cm³/mol. The first kappa shape index (κ1) is 24.0. The van der Waals surface area contributed by atoms with E-state index in [0.29, 0.717) is 42.9 Å². The minimum absolute atomic E-state index is 0.0267. The molecule has 0 N–H and O–H groups in total. The first-order chi connectivity index (χ1) is 13.8. The third kappa shape index (κ3) is 6.35. The third-order valence-electron chi connectivity index (χ3n) is 5.96. The van der Waals surface area contributed by atoms with Gasteiger partial charge < -0.3 is 13.9 Å². The molecule has 5 heteroatoms. The second-order valence-electron chi connectivity index (χ2n) is 8.88. The number of carbonyl (C=O) groups is 1. The van der Waals surface area contributed by atoms with Gasteiger partial charge in [-0.2, -0.15) is 0 Å². The van der Waals surface area contributed by atoms with E-state index in [0.717, 1.165) is 5.56 Å². The smallest absolute Gasteiger partial charge is 0.200 e. The fraction of sp³-hybridized carbons (Fsp3) is 0.625. The highest BCUT2D eigenvalue weighted by molar-refractivity contribution is 6.77. The molecule has 1 aromatic carbocycles. The number of ether oxygens (including phenoxy) is 2. The van der Waals surface area contributed by atoms with Gasteiger partial charge in [-0.05, 0) is 34.3 Å². The van der Waals surface area contributed by atoms with Gasteiger partial charge in [0.1, 0.15) is 12.2 Å². The Morgan fingerprint density at radius 1 is 1.00 bits per heavy atom. The molecule has 162 valence electrons. The van der Waals surface area contributed by atoms with E-state index >= 15 is 0 Å². The summed E-state index contributed by atoms with van der Waals surface area (Å²) in [6, 6.07) is 10.1. The van der Waals surface area contributed by atoms with Crippen LogP contribution in [0.15, 0.2) is 42.5 Å². The molecule has 1 aliphatic rings. The van der Waals surface area contributed by atoms with Gasteiger partial charge in [0.05, 0.1) is 13.2 Å². The maximum absolute atomic E-state index is 12.3. The van der Waals surface area contributed by atoms with E-state index < -0.39 is 14.4 Å². The molecule has 1 aromatic rings. The fourth-order valence-corrected chi connectivity index (χ4v) is 10.1. The molecule has 0 amide bonds. The zero-order valence-corrected chi connectivity index (χ0v) is 19.9. The van der Waals surface area contributed by atoms with E-state index in [-0.39, 0.29) is 11.9 Å². The van der Waals surface area contributed by atoms with Crippen LogP contribution < -0.4 is 0 Å². The molecule has 0 aromatic heterocycles. The van der Waals surface area contributed by atoms with Crippen LogP contribution in [-0.2, 0) is 25.3 Å². The highest BCUT2D eigenvalue weighted by atomic mass is 28.4. The molecule has 0 spiro atoms. The molecule has 1 heterocycles. The van der Waals surface area contributed by atoms with Crippen molar-refractivity contribution in [1.29, 1.82) is 0 Å². The standard InChI is InChI=1S/C24H38O4Si/c1-18(2)29(19(3)4,20(5)6)27-15-14-24-23(25)13-12-22(28-24)17-26-16-21-10-8-7-9-11-21/h7-13,18-20,22,24H,14-17H2,1-6H3/t22-,24-/m1/s1. The molecule has 0 radical (unpaired) electrons. The van der Waals surface area contributed by atoms with Crippen molar-refractivity contribution < 1.29 is 18.7 Å². The van der Waals surface area contributed by atoms with Crippen LogP contribution in [0.2, 0.25) is 16.6 Å². The van der Waals surface area contributed by atoms with Crippen molar-refractivity contribution >= 4 is 14.1 Å². The summed E-state index contributed by atoms with van der Waals surface area (Å²) < 4.78 is 18.4. The van der Waals surface area contributed by atoms with Crippen LogP contribution in [0, 0.1) is 0 Å². The van der Waals surface area contributed by atoms with Gasteiger partial charge in [0.25, 0.3) is 0 Å². The number of carbonyl (C=O) groups excluding carboxylic acids is 1. The van der Waals surface area contributed by atoms with Crippen molar-refractivity contribution in [2.24, 2.45) is 0 Å². The molecule has 29 heavy (non-hydrogen) atoms. The summed E-state index contributed by atoms with van der Waals surface area (Å²) in [6.07, 6.45) is 3.41. The minimum atomic E-state index is -1.92. The summed E-state index contributed by atoms with van der Waals surface area (Å²) in [4.78, 5) is 12.3. The lowest BCUT2D eigenvalue weighted by Gasteiger charge is -2.42. The normalized spacial score (nSPS) is 20.2. The lowest BCUT2D eigenvalue weighted by Crippen LogP contribution is -2.48. The SMILES string of the molecule is CC(C)[Si](OCC[C@H]1O[C@@H](COCc2ccccc2)C=CC1=O)(C(C)C)C(C)C. The summed E-state index contributed by atoms with van der Waals surface area (Å²) in [5.74, 6) is 0.0267. The Balaban J connectivity index is 1.85. The predicted octanol–water partition coefficient (Wildman–Crippen LogP) is 5.68. The van der Waals surface area contributed by atoms with Crippen LogP contribution in [0.1, 0.15) is 53.5 Å². The summed E-state index contributed by atoms with van der Waals surface area (Å²) in [6.45, 7) is 15.2. The molecule has 0 unspecified atom stereocenters. The van der Waals surface area contributed by atoms with Crippen LogP contribution >= 0.6 is 0 Å². The van der Waals surface area contributed by atoms with Crippen LogP contribution in [-0.4, -0.2) is 39.5 Å². The first-order valence-electron chi connectivity index (χ1n) is 10.9. The molecule has 0 bridgehead atoms. The Bertz CT molecular complexity index is 632. The average Bonchev–Trinajstić information content (AvgIpc) is 2.67. The molecule has 0 saturated carbocycles.